The molecule has 5 nitrogen and oxygen atoms in total. The summed E-state index contributed by atoms with van der Waals surface area (Å²) in [6, 6.07) is 12.6. The van der Waals surface area contributed by atoms with Crippen LogP contribution >= 0.6 is 11.6 Å². The lowest BCUT2D eigenvalue weighted by Gasteiger charge is -2.23. The summed E-state index contributed by atoms with van der Waals surface area (Å²) >= 11 is 6.08. The lowest BCUT2D eigenvalue weighted by molar-refractivity contribution is -0.120. The number of halogens is 1. The van der Waals surface area contributed by atoms with Gasteiger partial charge in [0.1, 0.15) is 12.3 Å². The third kappa shape index (κ3) is 5.47. The smallest absolute Gasteiger partial charge is 0.244 e. The summed E-state index contributed by atoms with van der Waals surface area (Å²) in [5.74, 6) is 0.00622. The number of rotatable bonds is 5. The van der Waals surface area contributed by atoms with Crippen molar-refractivity contribution in [3.8, 4) is 5.75 Å². The number of ether oxygens (including phenoxy) is 1. The van der Waals surface area contributed by atoms with Crippen molar-refractivity contribution in [3.05, 3.63) is 53.1 Å². The summed E-state index contributed by atoms with van der Waals surface area (Å²) in [5, 5.41) is 3.15. The van der Waals surface area contributed by atoms with Crippen molar-refractivity contribution < 1.29 is 14.3 Å². The van der Waals surface area contributed by atoms with Crippen LogP contribution in [0.15, 0.2) is 42.5 Å². The van der Waals surface area contributed by atoms with E-state index >= 15 is 0 Å². The van der Waals surface area contributed by atoms with Crippen molar-refractivity contribution >= 4 is 34.8 Å². The van der Waals surface area contributed by atoms with Gasteiger partial charge in [-0.05, 0) is 41.3 Å². The quantitative estimate of drug-likeness (QED) is 0.811. The first kappa shape index (κ1) is 20.8. The average Bonchev–Trinajstić information content (AvgIpc) is 2.59. The summed E-state index contributed by atoms with van der Waals surface area (Å²) in [6.45, 7) is 7.72. The molecule has 144 valence electrons. The zero-order valence-electron chi connectivity index (χ0n) is 16.3. The molecule has 0 aromatic heterocycles. The highest BCUT2D eigenvalue weighted by molar-refractivity contribution is 6.32. The Morgan fingerprint density at radius 1 is 1.11 bits per heavy atom. The Morgan fingerprint density at radius 3 is 2.22 bits per heavy atom. The van der Waals surface area contributed by atoms with Crippen LogP contribution in [0.3, 0.4) is 0 Å². The minimum absolute atomic E-state index is 0.0184. The first-order valence-corrected chi connectivity index (χ1v) is 9.01. The van der Waals surface area contributed by atoms with Crippen LogP contribution in [-0.4, -0.2) is 25.5 Å². The van der Waals surface area contributed by atoms with Gasteiger partial charge in [0.2, 0.25) is 11.8 Å². The largest absolute Gasteiger partial charge is 0.495 e. The van der Waals surface area contributed by atoms with E-state index in [9.17, 15) is 9.59 Å². The molecule has 0 unspecified atom stereocenters. The normalized spacial score (nSPS) is 11.0. The number of methoxy groups -OCH3 is 1. The number of carbonyl (C=O) groups excluding carboxylic acids is 2. The van der Waals surface area contributed by atoms with Crippen LogP contribution < -0.4 is 15.0 Å². The number of nitrogens with zero attached hydrogens (tertiary/aromatic N) is 1. The van der Waals surface area contributed by atoms with E-state index in [1.165, 1.54) is 18.9 Å². The highest BCUT2D eigenvalue weighted by Gasteiger charge is 2.18. The summed E-state index contributed by atoms with van der Waals surface area (Å²) < 4.78 is 5.09. The van der Waals surface area contributed by atoms with Crippen molar-refractivity contribution in [1.29, 1.82) is 0 Å². The fraction of sp³-hybridized carbons (Fsp3) is 0.333. The van der Waals surface area contributed by atoms with Gasteiger partial charge in [0.15, 0.2) is 0 Å². The molecule has 2 aromatic carbocycles. The standard InChI is InChI=1S/C21H25ClN2O3/c1-14(25)24(17-9-6-15(7-10-17)21(2,3)4)13-20(26)23-16-8-11-19(27-5)18(22)12-16/h6-12H,13H2,1-5H3,(H,23,26). The third-order valence-corrected chi connectivity index (χ3v) is 4.46. The van der Waals surface area contributed by atoms with E-state index in [0.717, 1.165) is 5.56 Å². The van der Waals surface area contributed by atoms with E-state index in [1.807, 2.05) is 24.3 Å². The van der Waals surface area contributed by atoms with Gasteiger partial charge in [0.05, 0.1) is 12.1 Å². The van der Waals surface area contributed by atoms with Crippen LogP contribution in [0.2, 0.25) is 5.02 Å². The fourth-order valence-corrected chi connectivity index (χ4v) is 2.87. The molecule has 0 aliphatic carbocycles. The Bertz CT molecular complexity index is 826. The van der Waals surface area contributed by atoms with Gasteiger partial charge in [0, 0.05) is 18.3 Å². The molecule has 0 fully saturated rings. The minimum Gasteiger partial charge on any atom is -0.495 e. The van der Waals surface area contributed by atoms with Gasteiger partial charge in [-0.15, -0.1) is 0 Å². The number of nitrogens with one attached hydrogen (secondary N) is 1. The van der Waals surface area contributed by atoms with E-state index in [4.69, 9.17) is 16.3 Å². The van der Waals surface area contributed by atoms with Gasteiger partial charge < -0.3 is 15.0 Å². The van der Waals surface area contributed by atoms with Crippen molar-refractivity contribution in [1.82, 2.24) is 0 Å². The molecule has 0 aliphatic heterocycles. The van der Waals surface area contributed by atoms with Gasteiger partial charge in [-0.1, -0.05) is 44.5 Å². The Labute approximate surface area is 165 Å². The summed E-state index contributed by atoms with van der Waals surface area (Å²) in [4.78, 5) is 25.9. The highest BCUT2D eigenvalue weighted by Crippen LogP contribution is 2.28. The molecule has 0 bridgehead atoms. The number of carbonyl (C=O) groups is 2. The summed E-state index contributed by atoms with van der Waals surface area (Å²) in [6.07, 6.45) is 0. The number of hydrogen-bond acceptors (Lipinski definition) is 3. The second kappa shape index (κ2) is 8.44. The zero-order valence-corrected chi connectivity index (χ0v) is 17.1. The molecule has 0 saturated heterocycles. The zero-order chi connectivity index (χ0) is 20.2. The van der Waals surface area contributed by atoms with Crippen molar-refractivity contribution in [2.45, 2.75) is 33.1 Å². The maximum atomic E-state index is 12.4. The lowest BCUT2D eigenvalue weighted by atomic mass is 9.87. The molecular weight excluding hydrogens is 364 g/mol. The lowest BCUT2D eigenvalue weighted by Crippen LogP contribution is -2.36. The first-order valence-electron chi connectivity index (χ1n) is 8.64. The maximum absolute atomic E-state index is 12.4. The Kier molecular flexibility index (Phi) is 6.50. The molecule has 2 aromatic rings. The van der Waals surface area contributed by atoms with Gasteiger partial charge in [-0.25, -0.2) is 0 Å². The van der Waals surface area contributed by atoms with Crippen molar-refractivity contribution in [3.63, 3.8) is 0 Å². The number of hydrogen-bond donors (Lipinski definition) is 1. The number of benzene rings is 2. The van der Waals surface area contributed by atoms with Crippen LogP contribution in [0.5, 0.6) is 5.75 Å². The van der Waals surface area contributed by atoms with Gasteiger partial charge in [-0.2, -0.15) is 0 Å². The Hall–Kier alpha value is -2.53. The molecule has 0 saturated carbocycles. The van der Waals surface area contributed by atoms with E-state index in [0.29, 0.717) is 22.1 Å². The SMILES string of the molecule is COc1ccc(NC(=O)CN(C(C)=O)c2ccc(C(C)(C)C)cc2)cc1Cl. The van der Waals surface area contributed by atoms with Gasteiger partial charge in [0.25, 0.3) is 0 Å². The molecular formula is C21H25ClN2O3. The van der Waals surface area contributed by atoms with E-state index < -0.39 is 0 Å². The molecule has 0 spiro atoms. The van der Waals surface area contributed by atoms with E-state index in [2.05, 4.69) is 26.1 Å². The van der Waals surface area contributed by atoms with Crippen LogP contribution in [0.4, 0.5) is 11.4 Å². The van der Waals surface area contributed by atoms with Crippen LogP contribution in [0, 0.1) is 0 Å². The minimum atomic E-state index is -0.314. The fourth-order valence-electron chi connectivity index (χ4n) is 2.61. The van der Waals surface area contributed by atoms with Crippen LogP contribution in [-0.2, 0) is 15.0 Å². The average molecular weight is 389 g/mol. The highest BCUT2D eigenvalue weighted by atomic mass is 35.5. The number of anilines is 2. The van der Waals surface area contributed by atoms with E-state index in [-0.39, 0.29) is 23.8 Å². The Balaban J connectivity index is 2.12. The Morgan fingerprint density at radius 2 is 1.74 bits per heavy atom. The molecule has 0 atom stereocenters. The molecule has 0 aliphatic rings. The van der Waals surface area contributed by atoms with Crippen LogP contribution in [0.1, 0.15) is 33.3 Å². The van der Waals surface area contributed by atoms with Gasteiger partial charge >= 0.3 is 0 Å². The monoisotopic (exact) mass is 388 g/mol. The molecule has 0 radical (unpaired) electrons. The second-order valence-corrected chi connectivity index (χ2v) is 7.71. The van der Waals surface area contributed by atoms with Crippen LogP contribution in [0.25, 0.3) is 0 Å². The topological polar surface area (TPSA) is 58.6 Å². The summed E-state index contributed by atoms with van der Waals surface area (Å²) in [5.41, 5.74) is 2.40. The molecule has 0 heterocycles. The second-order valence-electron chi connectivity index (χ2n) is 7.30. The maximum Gasteiger partial charge on any atom is 0.244 e. The third-order valence-electron chi connectivity index (χ3n) is 4.16. The first-order chi connectivity index (χ1) is 12.6. The predicted molar refractivity (Wildman–Crippen MR) is 110 cm³/mol. The molecule has 1 N–H and O–H groups in total. The molecule has 2 rings (SSSR count). The van der Waals surface area contributed by atoms with Crippen molar-refractivity contribution in [2.75, 3.05) is 23.9 Å². The van der Waals surface area contributed by atoms with Gasteiger partial charge in [-0.3, -0.25) is 9.59 Å². The summed E-state index contributed by atoms with van der Waals surface area (Å²) in [7, 11) is 1.52. The van der Waals surface area contributed by atoms with E-state index in [1.54, 1.807) is 18.2 Å². The number of amides is 2. The molecule has 2 amide bonds. The molecule has 27 heavy (non-hydrogen) atoms. The molecule has 6 heteroatoms. The van der Waals surface area contributed by atoms with Crippen molar-refractivity contribution in [2.24, 2.45) is 0 Å². The predicted octanol–water partition coefficient (Wildman–Crippen LogP) is 4.64.